The topological polar surface area (TPSA) is 61.4 Å². The Kier molecular flexibility index (Phi) is 8.23. The fraction of sp³-hybridized carbons (Fsp3) is 0.889. The van der Waals surface area contributed by atoms with Crippen molar-refractivity contribution in [3.8, 4) is 0 Å². The van der Waals surface area contributed by atoms with Crippen molar-refractivity contribution in [2.24, 2.45) is 0 Å². The van der Waals surface area contributed by atoms with Crippen LogP contribution in [0.5, 0.6) is 0 Å². The van der Waals surface area contributed by atoms with E-state index in [1.54, 1.807) is 11.8 Å². The first-order valence-electron chi connectivity index (χ1n) is 5.01. The van der Waals surface area contributed by atoms with Gasteiger partial charge in [0.1, 0.15) is 0 Å². The zero-order chi connectivity index (χ0) is 10.4. The minimum atomic E-state index is -0.405. The molecule has 90 valence electrons. The molecule has 1 aliphatic heterocycles. The molecule has 0 aromatic carbocycles. The number of aliphatic hydroxyl groups excluding tert-OH is 1. The molecule has 2 atom stereocenters. The molecule has 1 fully saturated rings. The Balaban J connectivity index is 0.00000196. The molecule has 0 aromatic heterocycles. The lowest BCUT2D eigenvalue weighted by molar-refractivity contribution is -0.122. The Hall–Kier alpha value is 0.0300. The highest BCUT2D eigenvalue weighted by molar-refractivity contribution is 7.99. The van der Waals surface area contributed by atoms with E-state index >= 15 is 0 Å². The van der Waals surface area contributed by atoms with Gasteiger partial charge in [0, 0.05) is 18.2 Å². The summed E-state index contributed by atoms with van der Waals surface area (Å²) in [5, 5.41) is 15.2. The average molecular weight is 255 g/mol. The van der Waals surface area contributed by atoms with Crippen LogP contribution in [-0.4, -0.2) is 41.3 Å². The average Bonchev–Trinajstić information content (AvgIpc) is 2.67. The molecule has 4 nitrogen and oxygen atoms in total. The summed E-state index contributed by atoms with van der Waals surface area (Å²) in [7, 11) is 0. The monoisotopic (exact) mass is 254 g/mol. The van der Waals surface area contributed by atoms with Gasteiger partial charge in [-0.25, -0.2) is 0 Å². The summed E-state index contributed by atoms with van der Waals surface area (Å²) in [5.74, 6) is 1.68. The van der Waals surface area contributed by atoms with Crippen molar-refractivity contribution in [2.45, 2.75) is 31.9 Å². The number of hydrogen-bond acceptors (Lipinski definition) is 4. The summed E-state index contributed by atoms with van der Waals surface area (Å²) >= 11 is 1.72. The predicted octanol–water partition coefficient (Wildman–Crippen LogP) is 0.348. The molecule has 2 unspecified atom stereocenters. The van der Waals surface area contributed by atoms with E-state index in [4.69, 9.17) is 0 Å². The molecule has 1 heterocycles. The molecule has 0 radical (unpaired) electrons. The Bertz CT molecular complexity index is 189. The van der Waals surface area contributed by atoms with Crippen molar-refractivity contribution in [3.05, 3.63) is 0 Å². The normalized spacial score (nSPS) is 21.9. The van der Waals surface area contributed by atoms with Crippen molar-refractivity contribution < 1.29 is 9.90 Å². The number of amides is 1. The quantitative estimate of drug-likeness (QED) is 0.663. The van der Waals surface area contributed by atoms with Crippen molar-refractivity contribution >= 4 is 30.1 Å². The molecule has 0 spiro atoms. The van der Waals surface area contributed by atoms with Gasteiger partial charge < -0.3 is 10.4 Å². The highest BCUT2D eigenvalue weighted by Crippen LogP contribution is 2.09. The summed E-state index contributed by atoms with van der Waals surface area (Å²) in [4.78, 5) is 11.5. The molecular formula is C9H19ClN2O2S. The van der Waals surface area contributed by atoms with E-state index in [1.807, 2.05) is 6.92 Å². The number of aliphatic hydroxyl groups is 1. The largest absolute Gasteiger partial charge is 0.391 e. The SMILES string of the molecule is CCCC(O)CNC(=O)C1CSCN1.Cl. The maximum Gasteiger partial charge on any atom is 0.238 e. The first-order valence-corrected chi connectivity index (χ1v) is 6.16. The van der Waals surface area contributed by atoms with Gasteiger partial charge >= 0.3 is 0 Å². The number of rotatable bonds is 5. The molecule has 1 rings (SSSR count). The first-order chi connectivity index (χ1) is 6.74. The second kappa shape index (κ2) is 8.21. The van der Waals surface area contributed by atoms with Gasteiger partial charge in [-0.05, 0) is 6.42 Å². The summed E-state index contributed by atoms with van der Waals surface area (Å²) in [6, 6.07) is -0.0752. The van der Waals surface area contributed by atoms with Crippen LogP contribution in [0.3, 0.4) is 0 Å². The zero-order valence-corrected chi connectivity index (χ0v) is 10.5. The minimum absolute atomic E-state index is 0. The first kappa shape index (κ1) is 15.0. The van der Waals surface area contributed by atoms with Gasteiger partial charge in [0.2, 0.25) is 5.91 Å². The van der Waals surface area contributed by atoms with Gasteiger partial charge in [0.05, 0.1) is 12.1 Å². The number of carbonyl (C=O) groups is 1. The molecular weight excluding hydrogens is 236 g/mol. The van der Waals surface area contributed by atoms with Crippen molar-refractivity contribution in [3.63, 3.8) is 0 Å². The molecule has 1 saturated heterocycles. The molecule has 1 amide bonds. The Morgan fingerprint density at radius 3 is 3.00 bits per heavy atom. The number of hydrogen-bond donors (Lipinski definition) is 3. The van der Waals surface area contributed by atoms with Crippen LogP contribution in [0.25, 0.3) is 0 Å². The second-order valence-corrected chi connectivity index (χ2v) is 4.49. The van der Waals surface area contributed by atoms with E-state index in [0.29, 0.717) is 6.54 Å². The third-order valence-corrected chi connectivity index (χ3v) is 3.11. The third-order valence-electron chi connectivity index (χ3n) is 2.17. The van der Waals surface area contributed by atoms with E-state index in [2.05, 4.69) is 10.6 Å². The van der Waals surface area contributed by atoms with Crippen LogP contribution < -0.4 is 10.6 Å². The number of nitrogens with one attached hydrogen (secondary N) is 2. The Morgan fingerprint density at radius 1 is 1.73 bits per heavy atom. The fourth-order valence-corrected chi connectivity index (χ4v) is 2.28. The van der Waals surface area contributed by atoms with Crippen molar-refractivity contribution in [1.82, 2.24) is 10.6 Å². The van der Waals surface area contributed by atoms with Gasteiger partial charge in [0.25, 0.3) is 0 Å². The molecule has 0 aliphatic carbocycles. The molecule has 3 N–H and O–H groups in total. The fourth-order valence-electron chi connectivity index (χ4n) is 1.34. The lowest BCUT2D eigenvalue weighted by Crippen LogP contribution is -2.44. The smallest absolute Gasteiger partial charge is 0.238 e. The van der Waals surface area contributed by atoms with Crippen LogP contribution >= 0.6 is 24.2 Å². The summed E-state index contributed by atoms with van der Waals surface area (Å²) in [6.07, 6.45) is 1.28. The van der Waals surface area contributed by atoms with Crippen molar-refractivity contribution in [1.29, 1.82) is 0 Å². The van der Waals surface area contributed by atoms with Crippen molar-refractivity contribution in [2.75, 3.05) is 18.2 Å². The van der Waals surface area contributed by atoms with Crippen LogP contribution in [0.1, 0.15) is 19.8 Å². The van der Waals surface area contributed by atoms with E-state index in [1.165, 1.54) is 0 Å². The second-order valence-electron chi connectivity index (χ2n) is 3.46. The van der Waals surface area contributed by atoms with E-state index in [9.17, 15) is 9.90 Å². The number of thioether (sulfide) groups is 1. The summed E-state index contributed by atoms with van der Waals surface area (Å²) in [5.41, 5.74) is 0. The molecule has 0 bridgehead atoms. The van der Waals surface area contributed by atoms with E-state index in [0.717, 1.165) is 24.5 Å². The molecule has 15 heavy (non-hydrogen) atoms. The van der Waals surface area contributed by atoms with Gasteiger partial charge in [-0.3, -0.25) is 10.1 Å². The lowest BCUT2D eigenvalue weighted by atomic mass is 10.2. The van der Waals surface area contributed by atoms with Gasteiger partial charge in [-0.2, -0.15) is 0 Å². The Labute approximate surface area is 101 Å². The highest BCUT2D eigenvalue weighted by atomic mass is 35.5. The van der Waals surface area contributed by atoms with Gasteiger partial charge in [-0.1, -0.05) is 13.3 Å². The molecule has 0 saturated carbocycles. The molecule has 0 aromatic rings. The molecule has 6 heteroatoms. The standard InChI is InChI=1S/C9H18N2O2S.ClH/c1-2-3-7(12)4-10-9(13)8-5-14-6-11-8;/h7-8,11-12H,2-6H2,1H3,(H,10,13);1H. The maximum absolute atomic E-state index is 11.5. The minimum Gasteiger partial charge on any atom is -0.391 e. The van der Waals surface area contributed by atoms with Crippen LogP contribution in [0.4, 0.5) is 0 Å². The maximum atomic E-state index is 11.5. The Morgan fingerprint density at radius 2 is 2.47 bits per heavy atom. The third kappa shape index (κ3) is 5.61. The van der Waals surface area contributed by atoms with E-state index < -0.39 is 6.10 Å². The highest BCUT2D eigenvalue weighted by Gasteiger charge is 2.22. The van der Waals surface area contributed by atoms with Crippen LogP contribution in [0, 0.1) is 0 Å². The summed E-state index contributed by atoms with van der Waals surface area (Å²) < 4.78 is 0. The van der Waals surface area contributed by atoms with Gasteiger partial charge in [0.15, 0.2) is 0 Å². The van der Waals surface area contributed by atoms with Crippen LogP contribution in [0.2, 0.25) is 0 Å². The summed E-state index contributed by atoms with van der Waals surface area (Å²) in [6.45, 7) is 2.38. The predicted molar refractivity (Wildman–Crippen MR) is 65.4 cm³/mol. The van der Waals surface area contributed by atoms with Crippen LogP contribution in [-0.2, 0) is 4.79 Å². The number of halogens is 1. The zero-order valence-electron chi connectivity index (χ0n) is 8.86. The van der Waals surface area contributed by atoms with Crippen LogP contribution in [0.15, 0.2) is 0 Å². The van der Waals surface area contributed by atoms with Gasteiger partial charge in [-0.15, -0.1) is 24.2 Å². The lowest BCUT2D eigenvalue weighted by Gasteiger charge is -2.13. The number of carbonyl (C=O) groups excluding carboxylic acids is 1. The molecule has 1 aliphatic rings. The van der Waals surface area contributed by atoms with E-state index in [-0.39, 0.29) is 24.4 Å².